The van der Waals surface area contributed by atoms with Gasteiger partial charge in [0.1, 0.15) is 11.3 Å². The van der Waals surface area contributed by atoms with Gasteiger partial charge in [0.15, 0.2) is 10.9 Å². The van der Waals surface area contributed by atoms with Gasteiger partial charge in [-0.15, -0.1) is 0 Å². The normalized spacial score (nSPS) is 10.7. The van der Waals surface area contributed by atoms with Crippen LogP contribution in [-0.2, 0) is 6.54 Å². The molecule has 23 heavy (non-hydrogen) atoms. The Morgan fingerprint density at radius 1 is 1.22 bits per heavy atom. The second-order valence-electron chi connectivity index (χ2n) is 4.69. The van der Waals surface area contributed by atoms with Gasteiger partial charge in [-0.1, -0.05) is 35.1 Å². The molecule has 0 bridgehead atoms. The molecule has 0 fully saturated rings. The van der Waals surface area contributed by atoms with E-state index < -0.39 is 17.7 Å². The lowest BCUT2D eigenvalue weighted by Crippen LogP contribution is -2.28. The van der Waals surface area contributed by atoms with E-state index in [4.69, 9.17) is 11.6 Å². The van der Waals surface area contributed by atoms with Crippen molar-refractivity contribution in [3.05, 3.63) is 58.6 Å². The van der Waals surface area contributed by atoms with Crippen molar-refractivity contribution in [2.24, 2.45) is 0 Å². The first-order valence-electron chi connectivity index (χ1n) is 6.56. The maximum absolute atomic E-state index is 13.6. The minimum absolute atomic E-state index is 0.0319. The van der Waals surface area contributed by atoms with Gasteiger partial charge in [0.25, 0.3) is 0 Å². The Bertz CT molecular complexity index is 867. The second kappa shape index (κ2) is 6.47. The third kappa shape index (κ3) is 3.75. The van der Waals surface area contributed by atoms with Crippen molar-refractivity contribution in [2.75, 3.05) is 5.32 Å². The molecule has 1 aromatic heterocycles. The number of urea groups is 1. The summed E-state index contributed by atoms with van der Waals surface area (Å²) in [5.41, 5.74) is 0.909. The number of carbonyl (C=O) groups excluding carboxylic acids is 1. The van der Waals surface area contributed by atoms with Gasteiger partial charge in [0.05, 0.1) is 4.70 Å². The number of anilines is 1. The molecule has 0 aliphatic rings. The van der Waals surface area contributed by atoms with Crippen LogP contribution in [0, 0.1) is 11.6 Å². The first-order valence-corrected chi connectivity index (χ1v) is 7.75. The first kappa shape index (κ1) is 15.6. The molecular weight excluding hydrogens is 344 g/mol. The van der Waals surface area contributed by atoms with Crippen LogP contribution < -0.4 is 10.6 Å². The van der Waals surface area contributed by atoms with Gasteiger partial charge in [-0.2, -0.15) is 0 Å². The van der Waals surface area contributed by atoms with E-state index in [0.29, 0.717) is 16.3 Å². The van der Waals surface area contributed by atoms with Crippen LogP contribution >= 0.6 is 22.9 Å². The number of nitrogens with zero attached hydrogens (tertiary/aromatic N) is 1. The highest BCUT2D eigenvalue weighted by Gasteiger charge is 2.12. The molecule has 0 spiro atoms. The summed E-state index contributed by atoms with van der Waals surface area (Å²) in [4.78, 5) is 15.8. The summed E-state index contributed by atoms with van der Waals surface area (Å²) < 4.78 is 27.0. The van der Waals surface area contributed by atoms with Crippen molar-refractivity contribution < 1.29 is 13.6 Å². The van der Waals surface area contributed by atoms with E-state index >= 15 is 0 Å². The third-order valence-corrected chi connectivity index (χ3v) is 4.17. The van der Waals surface area contributed by atoms with Crippen LogP contribution in [0.25, 0.3) is 10.2 Å². The van der Waals surface area contributed by atoms with Gasteiger partial charge < -0.3 is 5.32 Å². The third-order valence-electron chi connectivity index (χ3n) is 3.00. The largest absolute Gasteiger partial charge is 0.334 e. The lowest BCUT2D eigenvalue weighted by atomic mass is 10.2. The molecule has 118 valence electrons. The number of hydrogen-bond acceptors (Lipinski definition) is 3. The Labute approximate surface area is 139 Å². The standard InChI is InChI=1S/C15H10ClF2N3OS/c16-9-3-1-8(2-4-9)7-19-14(22)21-15-20-13-11(18)5-10(17)6-12(13)23-15/h1-6H,7H2,(H2,19,20,21,22). The quantitative estimate of drug-likeness (QED) is 0.725. The molecule has 8 heteroatoms. The molecule has 0 aliphatic heterocycles. The van der Waals surface area contributed by atoms with E-state index in [1.165, 1.54) is 6.07 Å². The molecule has 0 unspecified atom stereocenters. The molecule has 1 heterocycles. The fourth-order valence-corrected chi connectivity index (χ4v) is 2.96. The monoisotopic (exact) mass is 353 g/mol. The molecule has 2 N–H and O–H groups in total. The lowest BCUT2D eigenvalue weighted by molar-refractivity contribution is 0.251. The van der Waals surface area contributed by atoms with E-state index in [1.54, 1.807) is 24.3 Å². The van der Waals surface area contributed by atoms with E-state index in [2.05, 4.69) is 15.6 Å². The molecule has 4 nitrogen and oxygen atoms in total. The minimum atomic E-state index is -0.758. The summed E-state index contributed by atoms with van der Waals surface area (Å²) in [6.45, 7) is 0.302. The van der Waals surface area contributed by atoms with Crippen molar-refractivity contribution in [1.29, 1.82) is 0 Å². The number of halogens is 3. The van der Waals surface area contributed by atoms with E-state index in [-0.39, 0.29) is 10.6 Å². The SMILES string of the molecule is O=C(NCc1ccc(Cl)cc1)Nc1nc2c(F)cc(F)cc2s1. The summed E-state index contributed by atoms with van der Waals surface area (Å²) in [5, 5.41) is 5.95. The zero-order valence-corrected chi connectivity index (χ0v) is 13.1. The van der Waals surface area contributed by atoms with Gasteiger partial charge in [-0.3, -0.25) is 5.32 Å². The second-order valence-corrected chi connectivity index (χ2v) is 6.15. The summed E-state index contributed by atoms with van der Waals surface area (Å²) in [5.74, 6) is -1.44. The molecule has 2 aromatic carbocycles. The number of rotatable bonds is 3. The number of hydrogen-bond donors (Lipinski definition) is 2. The summed E-state index contributed by atoms with van der Waals surface area (Å²) in [6, 6.07) is 8.47. The fraction of sp³-hybridized carbons (Fsp3) is 0.0667. The summed E-state index contributed by atoms with van der Waals surface area (Å²) in [7, 11) is 0. The number of benzene rings is 2. The molecule has 0 radical (unpaired) electrons. The molecule has 0 saturated carbocycles. The zero-order chi connectivity index (χ0) is 16.4. The van der Waals surface area contributed by atoms with E-state index in [9.17, 15) is 13.6 Å². The number of thiazole rings is 1. The average molecular weight is 354 g/mol. The zero-order valence-electron chi connectivity index (χ0n) is 11.6. The highest BCUT2D eigenvalue weighted by Crippen LogP contribution is 2.28. The smallest absolute Gasteiger partial charge is 0.321 e. The summed E-state index contributed by atoms with van der Waals surface area (Å²) in [6.07, 6.45) is 0. The highest BCUT2D eigenvalue weighted by molar-refractivity contribution is 7.22. The fourth-order valence-electron chi connectivity index (χ4n) is 1.94. The molecule has 0 saturated heterocycles. The van der Waals surface area contributed by atoms with Crippen LogP contribution in [0.2, 0.25) is 5.02 Å². The van der Waals surface area contributed by atoms with Crippen molar-refractivity contribution in [1.82, 2.24) is 10.3 Å². The Morgan fingerprint density at radius 3 is 2.70 bits per heavy atom. The molecular formula is C15H10ClF2N3OS. The number of fused-ring (bicyclic) bond motifs is 1. The Kier molecular flexibility index (Phi) is 4.40. The Balaban J connectivity index is 1.65. The first-order chi connectivity index (χ1) is 11.0. The van der Waals surface area contributed by atoms with Crippen LogP contribution in [0.5, 0.6) is 0 Å². The Morgan fingerprint density at radius 2 is 1.96 bits per heavy atom. The molecule has 0 atom stereocenters. The average Bonchev–Trinajstić information content (AvgIpc) is 2.89. The van der Waals surface area contributed by atoms with Gasteiger partial charge >= 0.3 is 6.03 Å². The predicted molar refractivity (Wildman–Crippen MR) is 86.8 cm³/mol. The van der Waals surface area contributed by atoms with E-state index in [0.717, 1.165) is 23.0 Å². The van der Waals surface area contributed by atoms with Crippen molar-refractivity contribution in [3.63, 3.8) is 0 Å². The minimum Gasteiger partial charge on any atom is -0.334 e. The summed E-state index contributed by atoms with van der Waals surface area (Å²) >= 11 is 6.78. The van der Waals surface area contributed by atoms with Gasteiger partial charge in [-0.25, -0.2) is 18.6 Å². The number of carbonyl (C=O) groups is 1. The number of aromatic nitrogens is 1. The van der Waals surface area contributed by atoms with Gasteiger partial charge in [-0.05, 0) is 23.8 Å². The van der Waals surface area contributed by atoms with Crippen molar-refractivity contribution in [2.45, 2.75) is 6.54 Å². The Hall–Kier alpha value is -2.25. The van der Waals surface area contributed by atoms with Crippen molar-refractivity contribution in [3.8, 4) is 0 Å². The van der Waals surface area contributed by atoms with Crippen LogP contribution in [0.3, 0.4) is 0 Å². The molecule has 0 aliphatic carbocycles. The maximum atomic E-state index is 13.6. The molecule has 3 aromatic rings. The predicted octanol–water partition coefficient (Wildman–Crippen LogP) is 4.55. The lowest BCUT2D eigenvalue weighted by Gasteiger charge is -2.05. The highest BCUT2D eigenvalue weighted by atomic mass is 35.5. The topological polar surface area (TPSA) is 54.0 Å². The van der Waals surface area contributed by atoms with Gasteiger partial charge in [0, 0.05) is 17.6 Å². The number of nitrogens with one attached hydrogen (secondary N) is 2. The van der Waals surface area contributed by atoms with Crippen LogP contribution in [0.1, 0.15) is 5.56 Å². The van der Waals surface area contributed by atoms with E-state index in [1.807, 2.05) is 0 Å². The van der Waals surface area contributed by atoms with Crippen molar-refractivity contribution >= 4 is 44.3 Å². The van der Waals surface area contributed by atoms with Gasteiger partial charge in [0.2, 0.25) is 0 Å². The van der Waals surface area contributed by atoms with Crippen LogP contribution in [-0.4, -0.2) is 11.0 Å². The maximum Gasteiger partial charge on any atom is 0.321 e. The number of amides is 2. The molecule has 3 rings (SSSR count). The van der Waals surface area contributed by atoms with Crippen LogP contribution in [0.15, 0.2) is 36.4 Å². The van der Waals surface area contributed by atoms with Crippen LogP contribution in [0.4, 0.5) is 18.7 Å². The molecule has 2 amide bonds.